The molecule has 0 aliphatic heterocycles. The summed E-state index contributed by atoms with van der Waals surface area (Å²) in [7, 11) is 1.82. The van der Waals surface area contributed by atoms with E-state index in [2.05, 4.69) is 26.1 Å². The number of hydrogen-bond acceptors (Lipinski definition) is 6. The first-order valence-electron chi connectivity index (χ1n) is 7.52. The fraction of sp³-hybridized carbons (Fsp3) is 0.235. The summed E-state index contributed by atoms with van der Waals surface area (Å²) in [6, 6.07) is 9.64. The molecular weight excluding hydrogens is 422 g/mol. The van der Waals surface area contributed by atoms with Crippen LogP contribution in [0.25, 0.3) is 0 Å². The number of carbonyl (C=O) groups is 1. The van der Waals surface area contributed by atoms with Crippen LogP contribution in [-0.4, -0.2) is 28.0 Å². The summed E-state index contributed by atoms with van der Waals surface area (Å²) >= 11 is 6.61. The molecule has 130 valence electrons. The Hall–Kier alpha value is -1.64. The van der Waals surface area contributed by atoms with Crippen LogP contribution in [0.3, 0.4) is 0 Å². The Labute approximate surface area is 162 Å². The molecule has 0 radical (unpaired) electrons. The van der Waals surface area contributed by atoms with E-state index in [-0.39, 0.29) is 5.91 Å². The number of thiophene rings is 1. The molecule has 25 heavy (non-hydrogen) atoms. The SMILES string of the molecule is Cc1nc(CSc2ccccc2C(=O)N(C)Cc2cc(Br)cs2)no1. The Balaban J connectivity index is 1.71. The zero-order valence-corrected chi connectivity index (χ0v) is 16.9. The van der Waals surface area contributed by atoms with E-state index in [0.717, 1.165) is 14.2 Å². The van der Waals surface area contributed by atoms with Gasteiger partial charge in [-0.1, -0.05) is 17.3 Å². The molecule has 8 heteroatoms. The molecule has 0 saturated carbocycles. The third-order valence-corrected chi connectivity index (χ3v) is 6.16. The van der Waals surface area contributed by atoms with Gasteiger partial charge in [0.25, 0.3) is 5.91 Å². The van der Waals surface area contributed by atoms with E-state index in [9.17, 15) is 4.79 Å². The Morgan fingerprint density at radius 3 is 2.88 bits per heavy atom. The highest BCUT2D eigenvalue weighted by atomic mass is 79.9. The number of aromatic nitrogens is 2. The van der Waals surface area contributed by atoms with Gasteiger partial charge in [0, 0.05) is 33.6 Å². The second kappa shape index (κ2) is 8.16. The molecule has 2 heterocycles. The van der Waals surface area contributed by atoms with Crippen molar-refractivity contribution in [1.82, 2.24) is 15.0 Å². The van der Waals surface area contributed by atoms with Gasteiger partial charge in [-0.3, -0.25) is 4.79 Å². The summed E-state index contributed by atoms with van der Waals surface area (Å²) in [5.74, 6) is 1.73. The fourth-order valence-corrected chi connectivity index (χ4v) is 4.65. The second-order valence-electron chi connectivity index (χ2n) is 5.41. The largest absolute Gasteiger partial charge is 0.340 e. The van der Waals surface area contributed by atoms with Gasteiger partial charge in [-0.15, -0.1) is 23.1 Å². The maximum Gasteiger partial charge on any atom is 0.255 e. The number of hydrogen-bond donors (Lipinski definition) is 0. The highest BCUT2D eigenvalue weighted by Gasteiger charge is 2.17. The number of benzene rings is 1. The third kappa shape index (κ3) is 4.71. The molecule has 2 aromatic heterocycles. The zero-order chi connectivity index (χ0) is 17.8. The Bertz CT molecular complexity index is 878. The number of nitrogens with zero attached hydrogens (tertiary/aromatic N) is 3. The van der Waals surface area contributed by atoms with E-state index in [4.69, 9.17) is 4.52 Å². The summed E-state index contributed by atoms with van der Waals surface area (Å²) in [6.45, 7) is 2.34. The Morgan fingerprint density at radius 2 is 2.20 bits per heavy atom. The number of rotatable bonds is 6. The van der Waals surface area contributed by atoms with Crippen molar-refractivity contribution in [2.75, 3.05) is 7.05 Å². The third-order valence-electron chi connectivity index (χ3n) is 3.41. The molecule has 0 fully saturated rings. The molecule has 3 rings (SSSR count). The van der Waals surface area contributed by atoms with E-state index in [1.54, 1.807) is 23.2 Å². The quantitative estimate of drug-likeness (QED) is 0.519. The van der Waals surface area contributed by atoms with Gasteiger partial charge in [-0.05, 0) is 34.1 Å². The maximum atomic E-state index is 12.8. The molecule has 0 N–H and O–H groups in total. The van der Waals surface area contributed by atoms with Crippen LogP contribution >= 0.6 is 39.0 Å². The lowest BCUT2D eigenvalue weighted by atomic mass is 10.2. The molecule has 5 nitrogen and oxygen atoms in total. The smallest absolute Gasteiger partial charge is 0.255 e. The average Bonchev–Trinajstić information content (AvgIpc) is 3.20. The number of aryl methyl sites for hydroxylation is 1. The first-order valence-corrected chi connectivity index (χ1v) is 10.2. The molecule has 3 aromatic rings. The second-order valence-corrected chi connectivity index (χ2v) is 8.34. The lowest BCUT2D eigenvalue weighted by Gasteiger charge is -2.18. The van der Waals surface area contributed by atoms with Crippen molar-refractivity contribution in [1.29, 1.82) is 0 Å². The number of halogens is 1. The van der Waals surface area contributed by atoms with Crippen LogP contribution in [0.4, 0.5) is 0 Å². The molecule has 1 aromatic carbocycles. The number of carbonyl (C=O) groups excluding carboxylic acids is 1. The van der Waals surface area contributed by atoms with Crippen molar-refractivity contribution in [3.05, 3.63) is 62.3 Å². The summed E-state index contributed by atoms with van der Waals surface area (Å²) in [4.78, 5) is 20.8. The van der Waals surface area contributed by atoms with Crippen molar-refractivity contribution >= 4 is 44.9 Å². The molecule has 1 amide bonds. The van der Waals surface area contributed by atoms with E-state index in [1.165, 1.54) is 11.8 Å². The molecule has 0 unspecified atom stereocenters. The van der Waals surface area contributed by atoms with Gasteiger partial charge in [0.1, 0.15) is 0 Å². The summed E-state index contributed by atoms with van der Waals surface area (Å²) < 4.78 is 6.03. The summed E-state index contributed by atoms with van der Waals surface area (Å²) in [6.07, 6.45) is 0. The van der Waals surface area contributed by atoms with Crippen molar-refractivity contribution in [3.8, 4) is 0 Å². The van der Waals surface area contributed by atoms with Crippen LogP contribution in [0.2, 0.25) is 0 Å². The molecule has 0 saturated heterocycles. The first kappa shape index (κ1) is 18.2. The molecule has 0 bridgehead atoms. The zero-order valence-electron chi connectivity index (χ0n) is 13.7. The average molecular weight is 438 g/mol. The monoisotopic (exact) mass is 437 g/mol. The van der Waals surface area contributed by atoms with Gasteiger partial charge < -0.3 is 9.42 Å². The van der Waals surface area contributed by atoms with Crippen LogP contribution in [-0.2, 0) is 12.3 Å². The molecule has 0 spiro atoms. The van der Waals surface area contributed by atoms with Gasteiger partial charge in [-0.25, -0.2) is 0 Å². The predicted octanol–water partition coefficient (Wildman–Crippen LogP) is 4.77. The van der Waals surface area contributed by atoms with Crippen LogP contribution < -0.4 is 0 Å². The van der Waals surface area contributed by atoms with Gasteiger partial charge in [0.15, 0.2) is 5.82 Å². The molecule has 0 aliphatic rings. The lowest BCUT2D eigenvalue weighted by molar-refractivity contribution is 0.0783. The predicted molar refractivity (Wildman–Crippen MR) is 103 cm³/mol. The normalized spacial score (nSPS) is 10.8. The van der Waals surface area contributed by atoms with E-state index >= 15 is 0 Å². The number of amides is 1. The molecule has 0 atom stereocenters. The minimum absolute atomic E-state index is 0.00286. The molecular formula is C17H16BrN3O2S2. The minimum Gasteiger partial charge on any atom is -0.340 e. The maximum absolute atomic E-state index is 12.8. The first-order chi connectivity index (χ1) is 12.0. The van der Waals surface area contributed by atoms with E-state index in [1.807, 2.05) is 42.8 Å². The van der Waals surface area contributed by atoms with E-state index < -0.39 is 0 Å². The standard InChI is InChI=1S/C17H16BrN3O2S2/c1-11-19-16(20-23-11)10-25-15-6-4-3-5-14(15)17(22)21(2)8-13-7-12(18)9-24-13/h3-7,9H,8,10H2,1-2H3. The van der Waals surface area contributed by atoms with Gasteiger partial charge in [-0.2, -0.15) is 4.98 Å². The van der Waals surface area contributed by atoms with Crippen LogP contribution in [0.5, 0.6) is 0 Å². The van der Waals surface area contributed by atoms with Gasteiger partial charge in [0.2, 0.25) is 5.89 Å². The van der Waals surface area contributed by atoms with Crippen molar-refractivity contribution < 1.29 is 9.32 Å². The lowest BCUT2D eigenvalue weighted by Crippen LogP contribution is -2.26. The van der Waals surface area contributed by atoms with Gasteiger partial charge in [0.05, 0.1) is 17.9 Å². The van der Waals surface area contributed by atoms with Crippen molar-refractivity contribution in [3.63, 3.8) is 0 Å². The summed E-state index contributed by atoms with van der Waals surface area (Å²) in [5.41, 5.74) is 0.686. The van der Waals surface area contributed by atoms with Crippen LogP contribution in [0.1, 0.15) is 27.0 Å². The fourth-order valence-electron chi connectivity index (χ4n) is 2.26. The molecule has 0 aliphatic carbocycles. The van der Waals surface area contributed by atoms with E-state index in [0.29, 0.717) is 29.6 Å². The topological polar surface area (TPSA) is 59.2 Å². The Morgan fingerprint density at radius 1 is 1.40 bits per heavy atom. The highest BCUT2D eigenvalue weighted by Crippen LogP contribution is 2.27. The van der Waals surface area contributed by atoms with Crippen molar-refractivity contribution in [2.24, 2.45) is 0 Å². The minimum atomic E-state index is -0.00286. The van der Waals surface area contributed by atoms with Gasteiger partial charge >= 0.3 is 0 Å². The number of thioether (sulfide) groups is 1. The van der Waals surface area contributed by atoms with Crippen LogP contribution in [0, 0.1) is 6.92 Å². The Kier molecular flexibility index (Phi) is 5.93. The summed E-state index contributed by atoms with van der Waals surface area (Å²) in [5, 5.41) is 5.91. The van der Waals surface area contributed by atoms with Crippen molar-refractivity contribution in [2.45, 2.75) is 24.1 Å². The van der Waals surface area contributed by atoms with Crippen LogP contribution in [0.15, 0.2) is 49.6 Å². The highest BCUT2D eigenvalue weighted by molar-refractivity contribution is 9.10.